The zero-order chi connectivity index (χ0) is 30.7. The molecule has 0 aliphatic heterocycles. The van der Waals surface area contributed by atoms with E-state index in [0.717, 1.165) is 0 Å². The van der Waals surface area contributed by atoms with Crippen molar-refractivity contribution in [1.29, 1.82) is 0 Å². The van der Waals surface area contributed by atoms with Gasteiger partial charge in [-0.2, -0.15) is 0 Å². The molecule has 0 spiro atoms. The van der Waals surface area contributed by atoms with Crippen LogP contribution in [0.2, 0.25) is 0 Å². The van der Waals surface area contributed by atoms with Crippen LogP contribution in [0.25, 0.3) is 0 Å². The summed E-state index contributed by atoms with van der Waals surface area (Å²) < 4.78 is 0. The number of phenols is 2. The molecule has 2 aromatic rings. The van der Waals surface area contributed by atoms with Gasteiger partial charge in [0.15, 0.2) is 0 Å². The molecule has 2 rings (SSSR count). The SMILES string of the molecule is NC(Cc1ccc(O)cc1)C(=O)NC(CC(=O)O)C(=O)NC(Cc1ccc(O)cc1)C(=O)NC(CC(=O)O)C(=O)O. The number of rotatable bonds is 15. The Hall–Kier alpha value is -5.18. The Balaban J connectivity index is 2.23. The van der Waals surface area contributed by atoms with Crippen LogP contribution in [0.3, 0.4) is 0 Å². The molecule has 4 atom stereocenters. The van der Waals surface area contributed by atoms with Crippen molar-refractivity contribution >= 4 is 35.6 Å². The summed E-state index contributed by atoms with van der Waals surface area (Å²) in [6, 6.07) is 4.90. The Bertz CT molecular complexity index is 1270. The highest BCUT2D eigenvalue weighted by molar-refractivity contribution is 5.96. The lowest BCUT2D eigenvalue weighted by atomic mass is 10.0. The minimum absolute atomic E-state index is 0.00602. The Kier molecular flexibility index (Phi) is 11.6. The summed E-state index contributed by atoms with van der Waals surface area (Å²) in [5.74, 6) is -7.81. The molecule has 0 aromatic heterocycles. The van der Waals surface area contributed by atoms with Gasteiger partial charge < -0.3 is 47.2 Å². The molecule has 15 heteroatoms. The average molecular weight is 575 g/mol. The summed E-state index contributed by atoms with van der Waals surface area (Å²) in [5.41, 5.74) is 6.88. The number of aromatic hydroxyl groups is 2. The van der Waals surface area contributed by atoms with Crippen molar-refractivity contribution in [3.8, 4) is 11.5 Å². The zero-order valence-corrected chi connectivity index (χ0v) is 21.5. The van der Waals surface area contributed by atoms with Crippen LogP contribution in [0.4, 0.5) is 0 Å². The molecule has 0 saturated heterocycles. The minimum atomic E-state index is -1.84. The van der Waals surface area contributed by atoms with Gasteiger partial charge in [0.1, 0.15) is 29.6 Å². The lowest BCUT2D eigenvalue weighted by molar-refractivity contribution is -0.147. The van der Waals surface area contributed by atoms with Gasteiger partial charge in [0.05, 0.1) is 18.9 Å². The van der Waals surface area contributed by atoms with Crippen LogP contribution in [-0.2, 0) is 41.6 Å². The molecule has 0 heterocycles. The lowest BCUT2D eigenvalue weighted by Crippen LogP contribution is -2.58. The zero-order valence-electron chi connectivity index (χ0n) is 21.5. The van der Waals surface area contributed by atoms with E-state index in [-0.39, 0.29) is 24.3 Å². The van der Waals surface area contributed by atoms with E-state index in [1.165, 1.54) is 48.5 Å². The van der Waals surface area contributed by atoms with Crippen molar-refractivity contribution < 1.29 is 54.3 Å². The van der Waals surface area contributed by atoms with Crippen molar-refractivity contribution in [2.24, 2.45) is 5.73 Å². The molecule has 0 fully saturated rings. The summed E-state index contributed by atoms with van der Waals surface area (Å²) in [4.78, 5) is 72.7. The van der Waals surface area contributed by atoms with Gasteiger partial charge >= 0.3 is 17.9 Å². The Labute approximate surface area is 233 Å². The van der Waals surface area contributed by atoms with E-state index in [0.29, 0.717) is 11.1 Å². The lowest BCUT2D eigenvalue weighted by Gasteiger charge is -2.24. The number of hydrogen-bond donors (Lipinski definition) is 9. The number of hydrogen-bond acceptors (Lipinski definition) is 9. The molecule has 4 unspecified atom stereocenters. The molecular weight excluding hydrogens is 544 g/mol. The number of nitrogens with one attached hydrogen (secondary N) is 3. The third kappa shape index (κ3) is 10.8. The highest BCUT2D eigenvalue weighted by Gasteiger charge is 2.32. The van der Waals surface area contributed by atoms with Crippen molar-refractivity contribution in [3.63, 3.8) is 0 Å². The van der Waals surface area contributed by atoms with Crippen LogP contribution in [0.5, 0.6) is 11.5 Å². The Morgan fingerprint density at radius 1 is 0.585 bits per heavy atom. The number of carboxylic acid groups (broad SMARTS) is 3. The molecule has 0 saturated carbocycles. The predicted molar refractivity (Wildman–Crippen MR) is 140 cm³/mol. The van der Waals surface area contributed by atoms with Gasteiger partial charge in [0.2, 0.25) is 17.7 Å². The molecule has 0 aliphatic rings. The molecule has 2 aromatic carbocycles. The third-order valence-electron chi connectivity index (χ3n) is 5.74. The van der Waals surface area contributed by atoms with Crippen molar-refractivity contribution in [1.82, 2.24) is 16.0 Å². The first-order chi connectivity index (χ1) is 19.2. The van der Waals surface area contributed by atoms with Crippen LogP contribution in [-0.4, -0.2) is 85.3 Å². The van der Waals surface area contributed by atoms with Crippen molar-refractivity contribution in [2.75, 3.05) is 0 Å². The first-order valence-corrected chi connectivity index (χ1v) is 12.1. The number of phenolic OH excluding ortho intramolecular Hbond substituents is 2. The molecular formula is C26H30N4O11. The fourth-order valence-corrected chi connectivity index (χ4v) is 3.64. The summed E-state index contributed by atoms with van der Waals surface area (Å²) in [7, 11) is 0. The number of nitrogens with two attached hydrogens (primary N) is 1. The summed E-state index contributed by atoms with van der Waals surface area (Å²) in [5, 5.41) is 53.0. The van der Waals surface area contributed by atoms with Gasteiger partial charge in [0.25, 0.3) is 0 Å². The first-order valence-electron chi connectivity index (χ1n) is 12.1. The predicted octanol–water partition coefficient (Wildman–Crippen LogP) is -1.30. The molecule has 220 valence electrons. The van der Waals surface area contributed by atoms with Gasteiger partial charge in [-0.15, -0.1) is 0 Å². The van der Waals surface area contributed by atoms with E-state index in [1.807, 2.05) is 5.32 Å². The van der Waals surface area contributed by atoms with Crippen LogP contribution in [0.15, 0.2) is 48.5 Å². The normalized spacial score (nSPS) is 13.6. The van der Waals surface area contributed by atoms with E-state index >= 15 is 0 Å². The number of carboxylic acids is 3. The molecule has 41 heavy (non-hydrogen) atoms. The summed E-state index contributed by atoms with van der Waals surface area (Å²) >= 11 is 0. The molecule has 0 radical (unpaired) electrons. The van der Waals surface area contributed by atoms with Crippen LogP contribution >= 0.6 is 0 Å². The van der Waals surface area contributed by atoms with Gasteiger partial charge in [-0.3, -0.25) is 24.0 Å². The number of aliphatic carboxylic acids is 3. The molecule has 15 nitrogen and oxygen atoms in total. The van der Waals surface area contributed by atoms with Gasteiger partial charge in [-0.1, -0.05) is 24.3 Å². The standard InChI is InChI=1S/C26H30N4O11/c27-17(9-13-1-5-15(31)6-2-13)23(37)28-19(11-21(33)34)25(39)29-18(10-14-3-7-16(32)8-4-14)24(38)30-20(26(40)41)12-22(35)36/h1-8,17-20,31-32H,9-12,27H2,(H,28,37)(H,29,39)(H,30,38)(H,33,34)(H,35,36)(H,40,41). The van der Waals surface area contributed by atoms with Crippen molar-refractivity contribution in [2.45, 2.75) is 49.9 Å². The van der Waals surface area contributed by atoms with Crippen LogP contribution < -0.4 is 21.7 Å². The maximum atomic E-state index is 13.1. The smallest absolute Gasteiger partial charge is 0.326 e. The van der Waals surface area contributed by atoms with Crippen molar-refractivity contribution in [3.05, 3.63) is 59.7 Å². The highest BCUT2D eigenvalue weighted by Crippen LogP contribution is 2.13. The second-order valence-electron chi connectivity index (χ2n) is 9.07. The third-order valence-corrected chi connectivity index (χ3v) is 5.74. The number of carbonyl (C=O) groups is 6. The quantitative estimate of drug-likeness (QED) is 0.120. The van der Waals surface area contributed by atoms with Gasteiger partial charge in [-0.05, 0) is 41.8 Å². The molecule has 0 bridgehead atoms. The van der Waals surface area contributed by atoms with Crippen LogP contribution in [0, 0.1) is 0 Å². The number of benzene rings is 2. The maximum absolute atomic E-state index is 13.1. The largest absolute Gasteiger partial charge is 0.508 e. The van der Waals surface area contributed by atoms with Gasteiger partial charge in [0, 0.05) is 6.42 Å². The fourth-order valence-electron chi connectivity index (χ4n) is 3.64. The van der Waals surface area contributed by atoms with Gasteiger partial charge in [-0.25, -0.2) is 4.79 Å². The highest BCUT2D eigenvalue weighted by atomic mass is 16.4. The molecule has 3 amide bonds. The Morgan fingerprint density at radius 2 is 0.976 bits per heavy atom. The van der Waals surface area contributed by atoms with E-state index in [1.54, 1.807) is 0 Å². The summed E-state index contributed by atoms with van der Waals surface area (Å²) in [6.45, 7) is 0. The second kappa shape index (κ2) is 14.8. The number of carbonyl (C=O) groups excluding carboxylic acids is 3. The minimum Gasteiger partial charge on any atom is -0.508 e. The Morgan fingerprint density at radius 3 is 1.44 bits per heavy atom. The summed E-state index contributed by atoms with van der Waals surface area (Å²) in [6.07, 6.45) is -2.14. The van der Waals surface area contributed by atoms with E-state index in [4.69, 9.17) is 10.8 Å². The van der Waals surface area contributed by atoms with E-state index in [9.17, 15) is 49.2 Å². The maximum Gasteiger partial charge on any atom is 0.326 e. The topological polar surface area (TPSA) is 266 Å². The van der Waals surface area contributed by atoms with E-state index in [2.05, 4.69) is 10.6 Å². The first kappa shape index (κ1) is 32.0. The second-order valence-corrected chi connectivity index (χ2v) is 9.07. The molecule has 10 N–H and O–H groups in total. The average Bonchev–Trinajstić information content (AvgIpc) is 2.89. The van der Waals surface area contributed by atoms with Crippen LogP contribution in [0.1, 0.15) is 24.0 Å². The monoisotopic (exact) mass is 574 g/mol. The number of amides is 3. The molecule has 0 aliphatic carbocycles. The van der Waals surface area contributed by atoms with E-state index < -0.39 is 72.6 Å². The fraction of sp³-hybridized carbons (Fsp3) is 0.308.